The van der Waals surface area contributed by atoms with Crippen molar-refractivity contribution in [2.75, 3.05) is 11.9 Å². The first kappa shape index (κ1) is 20.8. The molecule has 0 bridgehead atoms. The number of esters is 1. The standard InChI is InChI=1S/C14H23N3O3S.ClH/c1-6-20-13(19)11-10(8(4)5)16-14(21-11)17-12(18)9(15)7(2)3;/h7-9H,6,15H2,1-5H3,(H,16,17,18);1H/t9-;/m0./s1. The van der Waals surface area contributed by atoms with Crippen LogP contribution >= 0.6 is 23.7 Å². The van der Waals surface area contributed by atoms with Crippen LogP contribution in [0, 0.1) is 5.92 Å². The molecule has 0 aliphatic carbocycles. The van der Waals surface area contributed by atoms with Gasteiger partial charge >= 0.3 is 5.97 Å². The minimum absolute atomic E-state index is 0. The topological polar surface area (TPSA) is 94.3 Å². The van der Waals surface area contributed by atoms with Gasteiger partial charge in [0.25, 0.3) is 0 Å². The van der Waals surface area contributed by atoms with Gasteiger partial charge in [0.1, 0.15) is 4.88 Å². The molecule has 0 radical (unpaired) electrons. The number of carbonyl (C=O) groups is 2. The van der Waals surface area contributed by atoms with Crippen LogP contribution in [0.4, 0.5) is 5.13 Å². The normalized spacial score (nSPS) is 12.0. The van der Waals surface area contributed by atoms with Gasteiger partial charge in [-0.2, -0.15) is 0 Å². The van der Waals surface area contributed by atoms with Crippen LogP contribution in [-0.2, 0) is 9.53 Å². The largest absolute Gasteiger partial charge is 0.462 e. The fourth-order valence-corrected chi connectivity index (χ4v) is 2.63. The van der Waals surface area contributed by atoms with E-state index in [2.05, 4.69) is 10.3 Å². The van der Waals surface area contributed by atoms with Gasteiger partial charge in [-0.15, -0.1) is 12.4 Å². The van der Waals surface area contributed by atoms with Crippen LogP contribution in [0.2, 0.25) is 0 Å². The van der Waals surface area contributed by atoms with E-state index in [4.69, 9.17) is 10.5 Å². The third-order valence-corrected chi connectivity index (χ3v) is 3.88. The molecule has 0 saturated heterocycles. The van der Waals surface area contributed by atoms with Crippen LogP contribution in [0.1, 0.15) is 55.9 Å². The van der Waals surface area contributed by atoms with Gasteiger partial charge in [0, 0.05) is 0 Å². The third-order valence-electron chi connectivity index (χ3n) is 2.91. The van der Waals surface area contributed by atoms with Crippen LogP contribution in [0.25, 0.3) is 0 Å². The van der Waals surface area contributed by atoms with E-state index in [9.17, 15) is 9.59 Å². The van der Waals surface area contributed by atoms with Gasteiger partial charge in [0.05, 0.1) is 18.3 Å². The second kappa shape index (κ2) is 9.07. The molecule has 1 atom stereocenters. The lowest BCUT2D eigenvalue weighted by atomic mass is 10.1. The Kier molecular flexibility index (Phi) is 8.58. The van der Waals surface area contributed by atoms with Crippen LogP contribution < -0.4 is 11.1 Å². The van der Waals surface area contributed by atoms with Gasteiger partial charge in [0.15, 0.2) is 5.13 Å². The molecule has 0 aromatic carbocycles. The molecule has 0 unspecified atom stereocenters. The fraction of sp³-hybridized carbons (Fsp3) is 0.643. The minimum Gasteiger partial charge on any atom is -0.462 e. The van der Waals surface area contributed by atoms with Crippen LogP contribution in [0.5, 0.6) is 0 Å². The lowest BCUT2D eigenvalue weighted by Crippen LogP contribution is -2.39. The van der Waals surface area contributed by atoms with Crippen molar-refractivity contribution in [3.63, 3.8) is 0 Å². The van der Waals surface area contributed by atoms with E-state index in [1.54, 1.807) is 6.92 Å². The number of hydrogen-bond donors (Lipinski definition) is 2. The van der Waals surface area contributed by atoms with Crippen molar-refractivity contribution in [1.29, 1.82) is 0 Å². The summed E-state index contributed by atoms with van der Waals surface area (Å²) in [7, 11) is 0. The molecule has 0 aliphatic heterocycles. The number of ether oxygens (including phenoxy) is 1. The molecule has 0 saturated carbocycles. The zero-order chi connectivity index (χ0) is 16.2. The molecule has 22 heavy (non-hydrogen) atoms. The molecule has 6 nitrogen and oxygen atoms in total. The first-order chi connectivity index (χ1) is 9.77. The van der Waals surface area contributed by atoms with Crippen molar-refractivity contribution in [3.8, 4) is 0 Å². The maximum atomic E-state index is 12.0. The second-order valence-corrected chi connectivity index (χ2v) is 6.37. The first-order valence-corrected chi connectivity index (χ1v) is 7.83. The zero-order valence-corrected chi connectivity index (χ0v) is 15.1. The van der Waals surface area contributed by atoms with Crippen molar-refractivity contribution < 1.29 is 14.3 Å². The van der Waals surface area contributed by atoms with E-state index < -0.39 is 12.0 Å². The molecule has 0 spiro atoms. The van der Waals surface area contributed by atoms with Crippen molar-refractivity contribution in [3.05, 3.63) is 10.6 Å². The maximum Gasteiger partial charge on any atom is 0.350 e. The third kappa shape index (κ3) is 5.23. The summed E-state index contributed by atoms with van der Waals surface area (Å²) in [5, 5.41) is 3.05. The van der Waals surface area contributed by atoms with E-state index in [1.807, 2.05) is 27.7 Å². The Morgan fingerprint density at radius 2 is 1.91 bits per heavy atom. The Morgan fingerprint density at radius 3 is 2.36 bits per heavy atom. The summed E-state index contributed by atoms with van der Waals surface area (Å²) in [6, 6.07) is -0.609. The molecule has 0 fully saturated rings. The molecule has 1 amide bonds. The highest BCUT2D eigenvalue weighted by Crippen LogP contribution is 2.29. The monoisotopic (exact) mass is 349 g/mol. The highest BCUT2D eigenvalue weighted by Gasteiger charge is 2.24. The van der Waals surface area contributed by atoms with Crippen molar-refractivity contribution in [2.45, 2.75) is 46.6 Å². The highest BCUT2D eigenvalue weighted by molar-refractivity contribution is 7.17. The number of nitrogens with zero attached hydrogens (tertiary/aromatic N) is 1. The number of halogens is 1. The number of anilines is 1. The van der Waals surface area contributed by atoms with Crippen molar-refractivity contribution >= 4 is 40.8 Å². The summed E-state index contributed by atoms with van der Waals surface area (Å²) in [5.41, 5.74) is 6.42. The molecule has 3 N–H and O–H groups in total. The van der Waals surface area contributed by atoms with E-state index in [1.165, 1.54) is 0 Å². The fourth-order valence-electron chi connectivity index (χ4n) is 1.61. The number of nitrogens with two attached hydrogens (primary N) is 1. The summed E-state index contributed by atoms with van der Waals surface area (Å²) in [5.74, 6) is -0.624. The van der Waals surface area contributed by atoms with Gasteiger partial charge < -0.3 is 15.8 Å². The molecular formula is C14H24ClN3O3S. The number of nitrogens with one attached hydrogen (secondary N) is 1. The first-order valence-electron chi connectivity index (χ1n) is 7.02. The minimum atomic E-state index is -0.609. The SMILES string of the molecule is CCOC(=O)c1sc(NC(=O)[C@@H](N)C(C)C)nc1C(C)C.Cl. The van der Waals surface area contributed by atoms with Gasteiger partial charge in [-0.1, -0.05) is 39.0 Å². The summed E-state index contributed by atoms with van der Waals surface area (Å²) < 4.78 is 5.02. The predicted molar refractivity (Wildman–Crippen MR) is 90.9 cm³/mol. The Morgan fingerprint density at radius 1 is 1.32 bits per heavy atom. The molecule has 1 aromatic heterocycles. The van der Waals surface area contributed by atoms with Crippen LogP contribution in [0.15, 0.2) is 0 Å². The highest BCUT2D eigenvalue weighted by atomic mass is 35.5. The van der Waals surface area contributed by atoms with Gasteiger partial charge in [0.2, 0.25) is 5.91 Å². The zero-order valence-electron chi connectivity index (χ0n) is 13.5. The predicted octanol–water partition coefficient (Wildman–Crippen LogP) is 2.79. The number of thiazole rings is 1. The molecule has 1 heterocycles. The molecular weight excluding hydrogens is 326 g/mol. The van der Waals surface area contributed by atoms with E-state index >= 15 is 0 Å². The number of hydrogen-bond acceptors (Lipinski definition) is 6. The summed E-state index contributed by atoms with van der Waals surface area (Å²) in [6.07, 6.45) is 0. The smallest absolute Gasteiger partial charge is 0.350 e. The van der Waals surface area contributed by atoms with Gasteiger partial charge in [-0.3, -0.25) is 4.79 Å². The summed E-state index contributed by atoms with van der Waals surface area (Å²) >= 11 is 1.12. The van der Waals surface area contributed by atoms with Crippen molar-refractivity contribution in [2.24, 2.45) is 11.7 Å². The average molecular weight is 350 g/mol. The number of amides is 1. The number of aromatic nitrogens is 1. The van der Waals surface area contributed by atoms with E-state index in [-0.39, 0.29) is 30.2 Å². The lowest BCUT2D eigenvalue weighted by Gasteiger charge is -2.13. The molecule has 1 rings (SSSR count). The Hall–Kier alpha value is -1.18. The Bertz CT molecular complexity index is 517. The number of rotatable bonds is 6. The molecule has 0 aliphatic rings. The van der Waals surface area contributed by atoms with E-state index in [0.717, 1.165) is 11.3 Å². The van der Waals surface area contributed by atoms with Crippen LogP contribution in [0.3, 0.4) is 0 Å². The average Bonchev–Trinajstić information content (AvgIpc) is 2.82. The quantitative estimate of drug-likeness (QED) is 0.770. The lowest BCUT2D eigenvalue weighted by molar-refractivity contribution is -0.118. The van der Waals surface area contributed by atoms with Crippen molar-refractivity contribution in [1.82, 2.24) is 4.98 Å². The maximum absolute atomic E-state index is 12.0. The number of carbonyl (C=O) groups excluding carboxylic acids is 2. The molecule has 126 valence electrons. The second-order valence-electron chi connectivity index (χ2n) is 5.37. The molecule has 1 aromatic rings. The van der Waals surface area contributed by atoms with Gasteiger partial charge in [-0.25, -0.2) is 9.78 Å². The van der Waals surface area contributed by atoms with Crippen LogP contribution in [-0.4, -0.2) is 29.5 Å². The Balaban J connectivity index is 0.00000441. The Labute approximate surface area is 141 Å². The van der Waals surface area contributed by atoms with Gasteiger partial charge in [-0.05, 0) is 18.8 Å². The van der Waals surface area contributed by atoms with E-state index in [0.29, 0.717) is 22.3 Å². The summed E-state index contributed by atoms with van der Waals surface area (Å²) in [4.78, 5) is 28.6. The molecule has 8 heteroatoms. The summed E-state index contributed by atoms with van der Waals surface area (Å²) in [6.45, 7) is 9.66.